The van der Waals surface area contributed by atoms with Gasteiger partial charge in [-0.05, 0) is 30.9 Å². The van der Waals surface area contributed by atoms with Crippen molar-refractivity contribution in [3.63, 3.8) is 0 Å². The van der Waals surface area contributed by atoms with E-state index in [0.717, 1.165) is 12.8 Å². The van der Waals surface area contributed by atoms with E-state index in [9.17, 15) is 14.3 Å². The molecule has 1 aromatic rings. The summed E-state index contributed by atoms with van der Waals surface area (Å²) >= 11 is 0. The van der Waals surface area contributed by atoms with Crippen molar-refractivity contribution in [3.8, 4) is 6.07 Å². The summed E-state index contributed by atoms with van der Waals surface area (Å²) < 4.78 is 13.7. The van der Waals surface area contributed by atoms with Gasteiger partial charge in [0.05, 0.1) is 5.69 Å². The standard InChI is InChI=1S/C15H17FN2O2/c1-2-10-6-7-18(14(8-10)15(19)20)13-5-3-4-12(16)11(13)9-17/h3-5,10,14H,2,6-8H2,1H3,(H,19,20). The molecule has 2 unspecified atom stereocenters. The molecule has 2 rings (SSSR count). The zero-order valence-corrected chi connectivity index (χ0v) is 11.3. The van der Waals surface area contributed by atoms with Crippen LogP contribution in [-0.2, 0) is 4.79 Å². The van der Waals surface area contributed by atoms with Crippen molar-refractivity contribution in [3.05, 3.63) is 29.6 Å². The van der Waals surface area contributed by atoms with Gasteiger partial charge in [-0.15, -0.1) is 0 Å². The molecule has 1 saturated heterocycles. The zero-order chi connectivity index (χ0) is 14.7. The van der Waals surface area contributed by atoms with E-state index in [4.69, 9.17) is 5.26 Å². The van der Waals surface area contributed by atoms with Gasteiger partial charge in [-0.3, -0.25) is 0 Å². The normalized spacial score (nSPS) is 22.4. The minimum atomic E-state index is -0.920. The van der Waals surface area contributed by atoms with E-state index in [0.29, 0.717) is 24.6 Å². The van der Waals surface area contributed by atoms with Gasteiger partial charge in [0.2, 0.25) is 0 Å². The van der Waals surface area contributed by atoms with E-state index in [1.165, 1.54) is 12.1 Å². The average Bonchev–Trinajstić information content (AvgIpc) is 2.46. The van der Waals surface area contributed by atoms with Crippen LogP contribution < -0.4 is 4.90 Å². The maximum Gasteiger partial charge on any atom is 0.326 e. The van der Waals surface area contributed by atoms with Gasteiger partial charge >= 0.3 is 5.97 Å². The summed E-state index contributed by atoms with van der Waals surface area (Å²) in [5, 5.41) is 18.5. The highest BCUT2D eigenvalue weighted by atomic mass is 19.1. The van der Waals surface area contributed by atoms with Crippen LogP contribution in [0.1, 0.15) is 31.7 Å². The molecule has 2 atom stereocenters. The summed E-state index contributed by atoms with van der Waals surface area (Å²) in [5.41, 5.74) is 0.308. The predicted molar refractivity (Wildman–Crippen MR) is 72.9 cm³/mol. The molecule has 0 amide bonds. The topological polar surface area (TPSA) is 64.3 Å². The second-order valence-electron chi connectivity index (χ2n) is 5.09. The SMILES string of the molecule is CCC1CCN(c2cccc(F)c2C#N)C(C(=O)O)C1. The number of nitriles is 1. The molecule has 0 bridgehead atoms. The monoisotopic (exact) mass is 276 g/mol. The van der Waals surface area contributed by atoms with Crippen LogP contribution in [0.3, 0.4) is 0 Å². The van der Waals surface area contributed by atoms with E-state index in [1.807, 2.05) is 13.0 Å². The number of carboxylic acid groups (broad SMARTS) is 1. The van der Waals surface area contributed by atoms with Gasteiger partial charge in [0.1, 0.15) is 23.5 Å². The van der Waals surface area contributed by atoms with Gasteiger partial charge in [0, 0.05) is 6.54 Å². The van der Waals surface area contributed by atoms with Crippen LogP contribution in [0, 0.1) is 23.1 Å². The molecule has 5 heteroatoms. The highest BCUT2D eigenvalue weighted by Gasteiger charge is 2.34. The Morgan fingerprint density at radius 3 is 2.95 bits per heavy atom. The molecule has 1 N–H and O–H groups in total. The molecule has 1 aliphatic heterocycles. The first-order valence-electron chi connectivity index (χ1n) is 6.76. The Balaban J connectivity index is 2.38. The minimum Gasteiger partial charge on any atom is -0.480 e. The van der Waals surface area contributed by atoms with E-state index in [1.54, 1.807) is 11.0 Å². The first kappa shape index (κ1) is 14.3. The second-order valence-corrected chi connectivity index (χ2v) is 5.09. The number of halogens is 1. The molecule has 20 heavy (non-hydrogen) atoms. The Labute approximate surface area is 117 Å². The Morgan fingerprint density at radius 2 is 2.35 bits per heavy atom. The molecule has 1 aliphatic rings. The van der Waals surface area contributed by atoms with Gasteiger partial charge in [-0.25, -0.2) is 9.18 Å². The lowest BCUT2D eigenvalue weighted by Gasteiger charge is -2.38. The first-order chi connectivity index (χ1) is 9.58. The van der Waals surface area contributed by atoms with E-state index in [-0.39, 0.29) is 5.56 Å². The number of carbonyl (C=O) groups is 1. The number of carboxylic acids is 1. The maximum absolute atomic E-state index is 13.7. The van der Waals surface area contributed by atoms with Crippen molar-refractivity contribution in [2.75, 3.05) is 11.4 Å². The molecule has 0 aliphatic carbocycles. The zero-order valence-electron chi connectivity index (χ0n) is 11.3. The molecule has 1 fully saturated rings. The summed E-state index contributed by atoms with van der Waals surface area (Å²) in [6.07, 6.45) is 2.33. The van der Waals surface area contributed by atoms with E-state index in [2.05, 4.69) is 0 Å². The number of rotatable bonds is 3. The number of hydrogen-bond donors (Lipinski definition) is 1. The highest BCUT2D eigenvalue weighted by molar-refractivity contribution is 5.79. The van der Waals surface area contributed by atoms with Gasteiger partial charge in [0.25, 0.3) is 0 Å². The third kappa shape index (κ3) is 2.60. The third-order valence-corrected chi connectivity index (χ3v) is 3.99. The van der Waals surface area contributed by atoms with E-state index < -0.39 is 17.8 Å². The van der Waals surface area contributed by atoms with Gasteiger partial charge in [-0.2, -0.15) is 5.26 Å². The van der Waals surface area contributed by atoms with Gasteiger partial charge in [-0.1, -0.05) is 19.4 Å². The third-order valence-electron chi connectivity index (χ3n) is 3.99. The summed E-state index contributed by atoms with van der Waals surface area (Å²) in [4.78, 5) is 13.1. The number of nitrogens with zero attached hydrogens (tertiary/aromatic N) is 2. The molecule has 106 valence electrons. The van der Waals surface area contributed by atoms with Crippen molar-refractivity contribution in [2.45, 2.75) is 32.2 Å². The maximum atomic E-state index is 13.7. The lowest BCUT2D eigenvalue weighted by molar-refractivity contribution is -0.139. The summed E-state index contributed by atoms with van der Waals surface area (Å²) in [6.45, 7) is 2.58. The smallest absolute Gasteiger partial charge is 0.326 e. The van der Waals surface area contributed by atoms with Crippen LogP contribution in [0.2, 0.25) is 0 Å². The van der Waals surface area contributed by atoms with Crippen molar-refractivity contribution >= 4 is 11.7 Å². The lowest BCUT2D eigenvalue weighted by atomic mass is 9.88. The Hall–Kier alpha value is -2.09. The molecule has 4 nitrogen and oxygen atoms in total. The van der Waals surface area contributed by atoms with Crippen LogP contribution >= 0.6 is 0 Å². The summed E-state index contributed by atoms with van der Waals surface area (Å²) in [5.74, 6) is -1.16. The first-order valence-corrected chi connectivity index (χ1v) is 6.76. The van der Waals surface area contributed by atoms with E-state index >= 15 is 0 Å². The second kappa shape index (κ2) is 5.91. The minimum absolute atomic E-state index is 0.0753. The number of hydrogen-bond acceptors (Lipinski definition) is 3. The van der Waals surface area contributed by atoms with Crippen LogP contribution in [0.25, 0.3) is 0 Å². The molecular formula is C15H17FN2O2. The number of piperidine rings is 1. The Bertz CT molecular complexity index is 553. The largest absolute Gasteiger partial charge is 0.480 e. The van der Waals surface area contributed by atoms with Crippen molar-refractivity contribution in [1.82, 2.24) is 0 Å². The van der Waals surface area contributed by atoms with Crippen LogP contribution in [0.15, 0.2) is 18.2 Å². The van der Waals surface area contributed by atoms with Crippen molar-refractivity contribution in [2.24, 2.45) is 5.92 Å². The van der Waals surface area contributed by atoms with Crippen molar-refractivity contribution in [1.29, 1.82) is 5.26 Å². The lowest BCUT2D eigenvalue weighted by Crippen LogP contribution is -2.47. The molecule has 0 saturated carbocycles. The molecule has 0 spiro atoms. The summed E-state index contributed by atoms with van der Waals surface area (Å²) in [7, 11) is 0. The van der Waals surface area contributed by atoms with Crippen LogP contribution in [-0.4, -0.2) is 23.7 Å². The number of anilines is 1. The van der Waals surface area contributed by atoms with Gasteiger partial charge in [0.15, 0.2) is 0 Å². The molecule has 0 radical (unpaired) electrons. The average molecular weight is 276 g/mol. The van der Waals surface area contributed by atoms with Crippen molar-refractivity contribution < 1.29 is 14.3 Å². The predicted octanol–water partition coefficient (Wildman–Crippen LogP) is 2.78. The molecular weight excluding hydrogens is 259 g/mol. The quantitative estimate of drug-likeness (QED) is 0.922. The fourth-order valence-electron chi connectivity index (χ4n) is 2.79. The fourth-order valence-corrected chi connectivity index (χ4v) is 2.79. The number of benzene rings is 1. The Morgan fingerprint density at radius 1 is 1.60 bits per heavy atom. The number of aliphatic carboxylic acids is 1. The fraction of sp³-hybridized carbons (Fsp3) is 0.467. The molecule has 0 aromatic heterocycles. The van der Waals surface area contributed by atoms with Gasteiger partial charge < -0.3 is 10.0 Å². The molecule has 1 aromatic carbocycles. The summed E-state index contributed by atoms with van der Waals surface area (Å²) in [6, 6.07) is 5.49. The molecule has 1 heterocycles. The highest BCUT2D eigenvalue weighted by Crippen LogP contribution is 2.32. The Kier molecular flexibility index (Phi) is 4.23. The van der Waals surface area contributed by atoms with Crippen LogP contribution in [0.4, 0.5) is 10.1 Å². The van der Waals surface area contributed by atoms with Crippen LogP contribution in [0.5, 0.6) is 0 Å².